The van der Waals surface area contributed by atoms with Gasteiger partial charge in [-0.2, -0.15) is 0 Å². The third-order valence-electron chi connectivity index (χ3n) is 6.81. The minimum absolute atomic E-state index is 0.0471. The highest BCUT2D eigenvalue weighted by molar-refractivity contribution is 5.86. The van der Waals surface area contributed by atoms with Crippen LogP contribution in [0.5, 0.6) is 0 Å². The quantitative estimate of drug-likeness (QED) is 0.354. The van der Waals surface area contributed by atoms with Crippen molar-refractivity contribution in [3.8, 4) is 11.3 Å². The van der Waals surface area contributed by atoms with Gasteiger partial charge in [0.1, 0.15) is 5.82 Å². The van der Waals surface area contributed by atoms with Crippen LogP contribution >= 0.6 is 0 Å². The smallest absolute Gasteiger partial charge is 0.234 e. The van der Waals surface area contributed by atoms with Gasteiger partial charge in [-0.3, -0.25) is 14.5 Å². The summed E-state index contributed by atoms with van der Waals surface area (Å²) in [6.45, 7) is 2.42. The van der Waals surface area contributed by atoms with Crippen molar-refractivity contribution in [2.45, 2.75) is 57.4 Å². The molecule has 1 aliphatic rings. The lowest BCUT2D eigenvalue weighted by Gasteiger charge is -2.26. The van der Waals surface area contributed by atoms with E-state index in [1.54, 1.807) is 7.05 Å². The molecule has 7 nitrogen and oxygen atoms in total. The van der Waals surface area contributed by atoms with Gasteiger partial charge in [0, 0.05) is 19.0 Å². The van der Waals surface area contributed by atoms with Crippen LogP contribution in [0.3, 0.4) is 0 Å². The van der Waals surface area contributed by atoms with Gasteiger partial charge >= 0.3 is 0 Å². The Balaban J connectivity index is 1.43. The summed E-state index contributed by atoms with van der Waals surface area (Å²) in [5.74, 6) is 0.903. The van der Waals surface area contributed by atoms with Crippen LogP contribution in [-0.2, 0) is 9.59 Å². The van der Waals surface area contributed by atoms with E-state index in [1.807, 2.05) is 18.3 Å². The third kappa shape index (κ3) is 7.15. The Kier molecular flexibility index (Phi) is 8.90. The van der Waals surface area contributed by atoms with E-state index in [0.717, 1.165) is 68.7 Å². The number of carbonyl (C=O) groups excluding carboxylic acids is 2. The number of benzene rings is 2. The Hall–Kier alpha value is -3.19. The number of carbonyl (C=O) groups is 2. The van der Waals surface area contributed by atoms with E-state index < -0.39 is 0 Å². The minimum Gasteiger partial charge on any atom is -0.359 e. The number of imidazole rings is 1. The van der Waals surface area contributed by atoms with Gasteiger partial charge in [-0.25, -0.2) is 4.98 Å². The van der Waals surface area contributed by atoms with Gasteiger partial charge in [0.2, 0.25) is 11.8 Å². The predicted octanol–water partition coefficient (Wildman–Crippen LogP) is 4.57. The maximum atomic E-state index is 12.9. The van der Waals surface area contributed by atoms with Crippen molar-refractivity contribution in [1.82, 2.24) is 25.5 Å². The van der Waals surface area contributed by atoms with Crippen LogP contribution in [0, 0.1) is 0 Å². The summed E-state index contributed by atoms with van der Waals surface area (Å²) in [5, 5.41) is 8.29. The lowest BCUT2D eigenvalue weighted by Crippen LogP contribution is -2.41. The Labute approximate surface area is 207 Å². The van der Waals surface area contributed by atoms with Crippen LogP contribution in [0.15, 0.2) is 48.7 Å². The molecule has 7 heteroatoms. The zero-order valence-corrected chi connectivity index (χ0v) is 20.7. The molecule has 0 unspecified atom stereocenters. The number of likely N-dealkylation sites (tertiary alicyclic amines) is 1. The van der Waals surface area contributed by atoms with Crippen LogP contribution in [0.25, 0.3) is 22.0 Å². The number of rotatable bonds is 11. The average Bonchev–Trinajstić information content (AvgIpc) is 3.38. The molecule has 1 fully saturated rings. The topological polar surface area (TPSA) is 90.1 Å². The number of fused-ring (bicyclic) bond motifs is 1. The summed E-state index contributed by atoms with van der Waals surface area (Å²) >= 11 is 0. The summed E-state index contributed by atoms with van der Waals surface area (Å²) in [6, 6.07) is 14.5. The first-order valence-electron chi connectivity index (χ1n) is 12.9. The zero-order chi connectivity index (χ0) is 24.5. The van der Waals surface area contributed by atoms with Crippen LogP contribution < -0.4 is 10.6 Å². The molecule has 2 aromatic carbocycles. The molecular weight excluding hydrogens is 438 g/mol. The standard InChI is InChI=1S/C28H37N5O2/c1-29-26(34)13-5-2-4-12-24(31-27(35)20-33-16-8-3-9-17-33)28-30-19-25(32-28)23-15-14-21-10-6-7-11-22(21)18-23/h6-7,10-11,14-15,18-19,24H,2-5,8-9,12-13,16-17,20H2,1H3,(H,29,34)(H,30,32)(H,31,35)/t24-/m0/s1. The fraction of sp³-hybridized carbons (Fsp3) is 0.464. The van der Waals surface area contributed by atoms with Gasteiger partial charge in [0.15, 0.2) is 0 Å². The molecule has 0 aliphatic carbocycles. The molecule has 4 rings (SSSR count). The molecular formula is C28H37N5O2. The lowest BCUT2D eigenvalue weighted by molar-refractivity contribution is -0.123. The van der Waals surface area contributed by atoms with E-state index in [1.165, 1.54) is 17.2 Å². The zero-order valence-electron chi connectivity index (χ0n) is 20.7. The largest absolute Gasteiger partial charge is 0.359 e. The minimum atomic E-state index is -0.179. The van der Waals surface area contributed by atoms with E-state index in [9.17, 15) is 9.59 Å². The molecule has 0 saturated carbocycles. The molecule has 0 spiro atoms. The number of unbranched alkanes of at least 4 members (excludes halogenated alkanes) is 2. The van der Waals surface area contributed by atoms with E-state index in [4.69, 9.17) is 0 Å². The maximum Gasteiger partial charge on any atom is 0.234 e. The molecule has 1 aromatic heterocycles. The first-order valence-corrected chi connectivity index (χ1v) is 12.9. The second kappa shape index (κ2) is 12.5. The Morgan fingerprint density at radius 2 is 1.80 bits per heavy atom. The van der Waals surface area contributed by atoms with Crippen LogP contribution in [0.2, 0.25) is 0 Å². The number of hydrogen-bond acceptors (Lipinski definition) is 4. The van der Waals surface area contributed by atoms with E-state index in [-0.39, 0.29) is 17.9 Å². The Bertz CT molecular complexity index is 1120. The number of nitrogens with zero attached hydrogens (tertiary/aromatic N) is 2. The van der Waals surface area contributed by atoms with Gasteiger partial charge in [-0.05, 0) is 55.6 Å². The van der Waals surface area contributed by atoms with Gasteiger partial charge in [0.05, 0.1) is 24.5 Å². The van der Waals surface area contributed by atoms with Crippen molar-refractivity contribution in [2.75, 3.05) is 26.7 Å². The summed E-state index contributed by atoms with van der Waals surface area (Å²) < 4.78 is 0. The highest BCUT2D eigenvalue weighted by atomic mass is 16.2. The number of piperidine rings is 1. The van der Waals surface area contributed by atoms with Gasteiger partial charge in [-0.1, -0.05) is 55.7 Å². The molecule has 3 aromatic rings. The molecule has 1 atom stereocenters. The Morgan fingerprint density at radius 1 is 1.00 bits per heavy atom. The first-order chi connectivity index (χ1) is 17.1. The van der Waals surface area contributed by atoms with Crippen molar-refractivity contribution < 1.29 is 9.59 Å². The molecule has 186 valence electrons. The van der Waals surface area contributed by atoms with Crippen molar-refractivity contribution in [1.29, 1.82) is 0 Å². The number of amides is 2. The summed E-state index contributed by atoms with van der Waals surface area (Å²) in [5.41, 5.74) is 2.02. The van der Waals surface area contributed by atoms with Gasteiger partial charge in [0.25, 0.3) is 0 Å². The molecule has 35 heavy (non-hydrogen) atoms. The summed E-state index contributed by atoms with van der Waals surface area (Å²) in [4.78, 5) is 34.8. The van der Waals surface area contributed by atoms with Crippen LogP contribution in [0.4, 0.5) is 0 Å². The second-order valence-corrected chi connectivity index (χ2v) is 9.47. The summed E-state index contributed by atoms with van der Waals surface area (Å²) in [7, 11) is 1.67. The van der Waals surface area contributed by atoms with E-state index >= 15 is 0 Å². The fourth-order valence-corrected chi connectivity index (χ4v) is 4.79. The lowest BCUT2D eigenvalue weighted by atomic mass is 10.1. The average molecular weight is 476 g/mol. The number of nitrogens with one attached hydrogen (secondary N) is 3. The van der Waals surface area contributed by atoms with Crippen molar-refractivity contribution in [3.05, 3.63) is 54.5 Å². The monoisotopic (exact) mass is 475 g/mol. The van der Waals surface area contributed by atoms with E-state index in [0.29, 0.717) is 13.0 Å². The molecule has 2 amide bonds. The van der Waals surface area contributed by atoms with Crippen molar-refractivity contribution >= 4 is 22.6 Å². The maximum absolute atomic E-state index is 12.9. The molecule has 2 heterocycles. The van der Waals surface area contributed by atoms with E-state index in [2.05, 4.69) is 55.8 Å². The van der Waals surface area contributed by atoms with Crippen LogP contribution in [-0.4, -0.2) is 53.4 Å². The molecule has 1 saturated heterocycles. The molecule has 0 radical (unpaired) electrons. The van der Waals surface area contributed by atoms with Crippen molar-refractivity contribution in [3.63, 3.8) is 0 Å². The predicted molar refractivity (Wildman–Crippen MR) is 140 cm³/mol. The third-order valence-corrected chi connectivity index (χ3v) is 6.81. The number of aromatic nitrogens is 2. The molecule has 0 bridgehead atoms. The highest BCUT2D eigenvalue weighted by Crippen LogP contribution is 2.26. The van der Waals surface area contributed by atoms with Gasteiger partial charge in [-0.15, -0.1) is 0 Å². The highest BCUT2D eigenvalue weighted by Gasteiger charge is 2.20. The second-order valence-electron chi connectivity index (χ2n) is 9.47. The van der Waals surface area contributed by atoms with Gasteiger partial charge < -0.3 is 15.6 Å². The number of hydrogen-bond donors (Lipinski definition) is 3. The van der Waals surface area contributed by atoms with Crippen molar-refractivity contribution in [2.24, 2.45) is 0 Å². The molecule has 3 N–H and O–H groups in total. The Morgan fingerprint density at radius 3 is 2.60 bits per heavy atom. The molecule has 1 aliphatic heterocycles. The number of H-pyrrole nitrogens is 1. The van der Waals surface area contributed by atoms with Crippen LogP contribution in [0.1, 0.15) is 63.2 Å². The summed E-state index contributed by atoms with van der Waals surface area (Å²) in [6.07, 6.45) is 9.44. The number of aromatic amines is 1. The fourth-order valence-electron chi connectivity index (χ4n) is 4.79. The SMILES string of the molecule is CNC(=O)CCCCC[C@H](NC(=O)CN1CCCCC1)c1ncc(-c2ccc3ccccc3c2)[nH]1. The first kappa shape index (κ1) is 24.9. The normalized spacial score (nSPS) is 15.1.